The molecule has 2 heterocycles. The Morgan fingerprint density at radius 2 is 1.81 bits per heavy atom. The van der Waals surface area contributed by atoms with Crippen molar-refractivity contribution in [2.45, 2.75) is 0 Å². The first-order valence-electron chi connectivity index (χ1n) is 4.11. The molecule has 6 nitrogen and oxygen atoms in total. The number of nitrogens with zero attached hydrogens (tertiary/aromatic N) is 6. The third kappa shape index (κ3) is 1.73. The molecule has 0 saturated carbocycles. The minimum absolute atomic E-state index is 0.0738. The summed E-state index contributed by atoms with van der Waals surface area (Å²) in [7, 11) is 0. The summed E-state index contributed by atoms with van der Waals surface area (Å²) in [5.41, 5.74) is 0.216. The van der Waals surface area contributed by atoms with Gasteiger partial charge in [-0.3, -0.25) is 4.57 Å². The molecule has 2 rings (SSSR count). The van der Waals surface area contributed by atoms with Crippen LogP contribution < -0.4 is 0 Å². The SMILES string of the molecule is N#Cc1ncn(-c2ncc(I)cn2)c1C#N. The number of rotatable bonds is 1. The smallest absolute Gasteiger partial charge is 0.236 e. The van der Waals surface area contributed by atoms with Gasteiger partial charge in [-0.25, -0.2) is 15.0 Å². The van der Waals surface area contributed by atoms with Gasteiger partial charge in [0.05, 0.1) is 0 Å². The highest BCUT2D eigenvalue weighted by atomic mass is 127. The molecule has 2 aromatic heterocycles. The van der Waals surface area contributed by atoms with Crippen molar-refractivity contribution in [1.29, 1.82) is 10.5 Å². The van der Waals surface area contributed by atoms with Crippen LogP contribution >= 0.6 is 22.6 Å². The number of hydrogen-bond donors (Lipinski definition) is 0. The molecule has 0 radical (unpaired) electrons. The van der Waals surface area contributed by atoms with Gasteiger partial charge in [0.15, 0.2) is 11.4 Å². The summed E-state index contributed by atoms with van der Waals surface area (Å²) in [6.45, 7) is 0. The highest BCUT2D eigenvalue weighted by Gasteiger charge is 2.12. The lowest BCUT2D eigenvalue weighted by Gasteiger charge is -2.00. The fourth-order valence-corrected chi connectivity index (χ4v) is 1.40. The van der Waals surface area contributed by atoms with E-state index in [2.05, 4.69) is 37.5 Å². The van der Waals surface area contributed by atoms with Crippen LogP contribution in [0.15, 0.2) is 18.7 Å². The van der Waals surface area contributed by atoms with Gasteiger partial charge < -0.3 is 0 Å². The molecule has 0 unspecified atom stereocenters. The van der Waals surface area contributed by atoms with Crippen LogP contribution in [0.1, 0.15) is 11.4 Å². The lowest BCUT2D eigenvalue weighted by atomic mass is 10.3. The predicted molar refractivity (Wildman–Crippen MR) is 61.3 cm³/mol. The van der Waals surface area contributed by atoms with Gasteiger partial charge in [-0.2, -0.15) is 10.5 Å². The van der Waals surface area contributed by atoms with E-state index >= 15 is 0 Å². The van der Waals surface area contributed by atoms with Crippen LogP contribution in [0.25, 0.3) is 5.95 Å². The molecule has 0 aliphatic carbocycles. The summed E-state index contributed by atoms with van der Waals surface area (Å²) in [4.78, 5) is 11.9. The molecule has 0 aliphatic heterocycles. The first-order chi connectivity index (χ1) is 7.76. The van der Waals surface area contributed by atoms with Crippen molar-refractivity contribution in [3.8, 4) is 18.1 Å². The van der Waals surface area contributed by atoms with Gasteiger partial charge >= 0.3 is 0 Å². The van der Waals surface area contributed by atoms with Crippen LogP contribution in [-0.2, 0) is 0 Å². The number of halogens is 1. The predicted octanol–water partition coefficient (Wildman–Crippen LogP) is 1.01. The van der Waals surface area contributed by atoms with E-state index in [0.29, 0.717) is 5.95 Å². The van der Waals surface area contributed by atoms with Crippen molar-refractivity contribution >= 4 is 22.6 Å². The fourth-order valence-electron chi connectivity index (χ4n) is 1.12. The Labute approximate surface area is 104 Å². The Kier molecular flexibility index (Phi) is 2.79. The molecule has 0 spiro atoms. The van der Waals surface area contributed by atoms with Crippen molar-refractivity contribution in [3.63, 3.8) is 0 Å². The van der Waals surface area contributed by atoms with Gasteiger partial charge in [0.25, 0.3) is 0 Å². The van der Waals surface area contributed by atoms with Crippen molar-refractivity contribution in [2.75, 3.05) is 0 Å². The Balaban J connectivity index is 2.58. The van der Waals surface area contributed by atoms with Crippen LogP contribution in [0.2, 0.25) is 0 Å². The Bertz CT molecular complexity index is 600. The first kappa shape index (κ1) is 10.5. The Hall–Kier alpha value is -2.00. The minimum Gasteiger partial charge on any atom is -0.257 e. The van der Waals surface area contributed by atoms with Gasteiger partial charge in [0, 0.05) is 16.0 Å². The van der Waals surface area contributed by atoms with Crippen LogP contribution in [-0.4, -0.2) is 19.5 Å². The van der Waals surface area contributed by atoms with Crippen LogP contribution in [0.5, 0.6) is 0 Å². The molecule has 0 fully saturated rings. The van der Waals surface area contributed by atoms with E-state index in [1.54, 1.807) is 12.4 Å². The molecule has 0 aromatic carbocycles. The van der Waals surface area contributed by atoms with Crippen LogP contribution in [0, 0.1) is 26.2 Å². The topological polar surface area (TPSA) is 91.2 Å². The van der Waals surface area contributed by atoms with Gasteiger partial charge in [-0.05, 0) is 22.6 Å². The van der Waals surface area contributed by atoms with Crippen LogP contribution in [0.3, 0.4) is 0 Å². The molecule has 0 aliphatic rings. The molecule has 2 aromatic rings. The van der Waals surface area contributed by atoms with Crippen molar-refractivity contribution < 1.29 is 0 Å². The number of imidazole rings is 1. The quantitative estimate of drug-likeness (QED) is 0.731. The number of nitriles is 2. The molecular formula is C9H3IN6. The molecule has 0 amide bonds. The van der Waals surface area contributed by atoms with E-state index in [-0.39, 0.29) is 11.4 Å². The maximum absolute atomic E-state index is 8.92. The molecule has 0 N–H and O–H groups in total. The van der Waals surface area contributed by atoms with E-state index in [9.17, 15) is 0 Å². The fraction of sp³-hybridized carbons (Fsp3) is 0. The average molecular weight is 322 g/mol. The van der Waals surface area contributed by atoms with Crippen molar-refractivity contribution in [2.24, 2.45) is 0 Å². The van der Waals surface area contributed by atoms with Crippen molar-refractivity contribution in [1.82, 2.24) is 19.5 Å². The second-order valence-electron chi connectivity index (χ2n) is 2.74. The zero-order chi connectivity index (χ0) is 11.5. The van der Waals surface area contributed by atoms with Crippen molar-refractivity contribution in [3.05, 3.63) is 33.7 Å². The molecule has 16 heavy (non-hydrogen) atoms. The second-order valence-corrected chi connectivity index (χ2v) is 3.98. The minimum atomic E-state index is 0.0738. The molecule has 0 bridgehead atoms. The van der Waals surface area contributed by atoms with Crippen LogP contribution in [0.4, 0.5) is 0 Å². The molecule has 0 saturated heterocycles. The maximum atomic E-state index is 8.92. The summed E-state index contributed by atoms with van der Waals surface area (Å²) >= 11 is 2.08. The van der Waals surface area contributed by atoms with E-state index in [1.807, 2.05) is 12.1 Å². The highest BCUT2D eigenvalue weighted by Crippen LogP contribution is 2.10. The lowest BCUT2D eigenvalue weighted by molar-refractivity contribution is 0.909. The van der Waals surface area contributed by atoms with Gasteiger partial charge in [-0.1, -0.05) is 0 Å². The molecular weight excluding hydrogens is 319 g/mol. The summed E-state index contributed by atoms with van der Waals surface area (Å²) in [5, 5.41) is 17.7. The largest absolute Gasteiger partial charge is 0.257 e. The third-order valence-electron chi connectivity index (χ3n) is 1.80. The summed E-state index contributed by atoms with van der Waals surface area (Å²) in [5.74, 6) is 0.325. The second kappa shape index (κ2) is 4.24. The van der Waals surface area contributed by atoms with E-state index in [4.69, 9.17) is 10.5 Å². The zero-order valence-electron chi connectivity index (χ0n) is 7.79. The van der Waals surface area contributed by atoms with E-state index in [0.717, 1.165) is 3.57 Å². The average Bonchev–Trinajstić information content (AvgIpc) is 2.72. The third-order valence-corrected chi connectivity index (χ3v) is 2.36. The molecule has 7 heteroatoms. The lowest BCUT2D eigenvalue weighted by Crippen LogP contribution is -2.02. The van der Waals surface area contributed by atoms with E-state index < -0.39 is 0 Å². The summed E-state index contributed by atoms with van der Waals surface area (Å²) in [6.07, 6.45) is 4.60. The monoisotopic (exact) mass is 322 g/mol. The molecule has 0 atom stereocenters. The normalized spacial score (nSPS) is 9.44. The van der Waals surface area contributed by atoms with Gasteiger partial charge in [-0.15, -0.1) is 0 Å². The Morgan fingerprint density at radius 3 is 2.38 bits per heavy atom. The van der Waals surface area contributed by atoms with E-state index in [1.165, 1.54) is 10.9 Å². The standard InChI is InChI=1S/C9H3IN6/c10-6-3-13-9(14-4-6)16-5-15-7(1-11)8(16)2-12/h3-5H. The van der Waals surface area contributed by atoms with Gasteiger partial charge in [0.2, 0.25) is 5.95 Å². The zero-order valence-corrected chi connectivity index (χ0v) is 9.95. The number of hydrogen-bond acceptors (Lipinski definition) is 5. The highest BCUT2D eigenvalue weighted by molar-refractivity contribution is 14.1. The molecule has 76 valence electrons. The summed E-state index contributed by atoms with van der Waals surface area (Å²) < 4.78 is 2.27. The maximum Gasteiger partial charge on any atom is 0.236 e. The Morgan fingerprint density at radius 1 is 1.12 bits per heavy atom. The van der Waals surface area contributed by atoms with Gasteiger partial charge in [0.1, 0.15) is 18.5 Å². The first-order valence-corrected chi connectivity index (χ1v) is 5.19. The number of aromatic nitrogens is 4. The summed E-state index contributed by atoms with van der Waals surface area (Å²) in [6, 6.07) is 3.74.